The molecule has 1 aromatic carbocycles. The summed E-state index contributed by atoms with van der Waals surface area (Å²) < 4.78 is 4.93. The average molecular weight is 279 g/mol. The van der Waals surface area contributed by atoms with Crippen molar-refractivity contribution in [2.45, 2.75) is 13.0 Å². The molecule has 0 fully saturated rings. The summed E-state index contributed by atoms with van der Waals surface area (Å²) in [5, 5.41) is 20.8. The third-order valence-corrected chi connectivity index (χ3v) is 2.71. The maximum Gasteiger partial charge on any atom is 0.338 e. The lowest BCUT2D eigenvalue weighted by Crippen LogP contribution is -2.23. The molecular weight excluding hydrogens is 262 g/mol. The second kappa shape index (κ2) is 6.36. The number of hydrogen-bond donors (Lipinski definition) is 4. The van der Waals surface area contributed by atoms with Crippen molar-refractivity contribution in [2.75, 3.05) is 25.1 Å². The van der Waals surface area contributed by atoms with Gasteiger partial charge in [-0.25, -0.2) is 9.78 Å². The minimum Gasteiger partial charge on any atom is -0.462 e. The van der Waals surface area contributed by atoms with Crippen LogP contribution >= 0.6 is 0 Å². The van der Waals surface area contributed by atoms with Crippen molar-refractivity contribution in [3.05, 3.63) is 23.8 Å². The Bertz CT molecular complexity index is 596. The number of esters is 1. The van der Waals surface area contributed by atoms with Crippen LogP contribution in [-0.2, 0) is 4.74 Å². The van der Waals surface area contributed by atoms with Gasteiger partial charge in [-0.2, -0.15) is 0 Å². The molecule has 2 rings (SSSR count). The smallest absolute Gasteiger partial charge is 0.338 e. The van der Waals surface area contributed by atoms with Crippen LogP contribution in [-0.4, -0.2) is 52.0 Å². The van der Waals surface area contributed by atoms with Gasteiger partial charge in [-0.3, -0.25) is 0 Å². The number of aliphatic hydroxyl groups excluding tert-OH is 2. The number of anilines is 1. The first-order valence-electron chi connectivity index (χ1n) is 6.33. The van der Waals surface area contributed by atoms with Crippen LogP contribution in [0.4, 0.5) is 5.95 Å². The Morgan fingerprint density at radius 2 is 2.35 bits per heavy atom. The maximum absolute atomic E-state index is 11.6. The standard InChI is InChI=1S/C13H17N3O4/c1-2-20-12(19)8-3-4-10-11(5-8)16-13(15-10)14-6-9(18)7-17/h3-5,9,17-18H,2,6-7H2,1H3,(H2,14,15,16). The van der Waals surface area contributed by atoms with Crippen LogP contribution in [0.25, 0.3) is 11.0 Å². The van der Waals surface area contributed by atoms with Crippen LogP contribution in [0.1, 0.15) is 17.3 Å². The zero-order valence-corrected chi connectivity index (χ0v) is 11.1. The van der Waals surface area contributed by atoms with Crippen molar-refractivity contribution in [2.24, 2.45) is 0 Å². The van der Waals surface area contributed by atoms with E-state index in [0.29, 0.717) is 29.2 Å². The number of imidazole rings is 1. The number of carbonyl (C=O) groups is 1. The molecule has 0 saturated carbocycles. The molecule has 7 nitrogen and oxygen atoms in total. The molecule has 0 aliphatic carbocycles. The number of benzene rings is 1. The highest BCUT2D eigenvalue weighted by Crippen LogP contribution is 2.16. The van der Waals surface area contributed by atoms with E-state index in [1.807, 2.05) is 0 Å². The highest BCUT2D eigenvalue weighted by atomic mass is 16.5. The molecule has 1 atom stereocenters. The van der Waals surface area contributed by atoms with Gasteiger partial charge in [0, 0.05) is 6.54 Å². The Morgan fingerprint density at radius 1 is 1.55 bits per heavy atom. The third-order valence-electron chi connectivity index (χ3n) is 2.71. The summed E-state index contributed by atoms with van der Waals surface area (Å²) in [7, 11) is 0. The number of H-pyrrole nitrogens is 1. The maximum atomic E-state index is 11.6. The molecule has 108 valence electrons. The van der Waals surface area contributed by atoms with Crippen LogP contribution in [0.5, 0.6) is 0 Å². The zero-order chi connectivity index (χ0) is 14.5. The van der Waals surface area contributed by atoms with Crippen molar-refractivity contribution >= 4 is 23.0 Å². The van der Waals surface area contributed by atoms with Gasteiger partial charge in [-0.15, -0.1) is 0 Å². The number of fused-ring (bicyclic) bond motifs is 1. The topological polar surface area (TPSA) is 107 Å². The Balaban J connectivity index is 2.15. The van der Waals surface area contributed by atoms with Crippen LogP contribution in [0.2, 0.25) is 0 Å². The first-order chi connectivity index (χ1) is 9.63. The van der Waals surface area contributed by atoms with E-state index < -0.39 is 6.10 Å². The largest absolute Gasteiger partial charge is 0.462 e. The van der Waals surface area contributed by atoms with E-state index in [-0.39, 0.29) is 19.1 Å². The van der Waals surface area contributed by atoms with Crippen molar-refractivity contribution in [3.63, 3.8) is 0 Å². The lowest BCUT2D eigenvalue weighted by Gasteiger charge is -2.06. The highest BCUT2D eigenvalue weighted by molar-refractivity contribution is 5.93. The molecule has 0 aliphatic rings. The number of ether oxygens (including phenoxy) is 1. The van der Waals surface area contributed by atoms with E-state index in [2.05, 4.69) is 15.3 Å². The predicted molar refractivity (Wildman–Crippen MR) is 73.6 cm³/mol. The second-order valence-corrected chi connectivity index (χ2v) is 4.26. The van der Waals surface area contributed by atoms with Gasteiger partial charge in [0.2, 0.25) is 5.95 Å². The zero-order valence-electron chi connectivity index (χ0n) is 11.1. The molecule has 2 aromatic rings. The van der Waals surface area contributed by atoms with Gasteiger partial charge in [0.25, 0.3) is 0 Å². The van der Waals surface area contributed by atoms with Gasteiger partial charge >= 0.3 is 5.97 Å². The summed E-state index contributed by atoms with van der Waals surface area (Å²) in [6, 6.07) is 5.02. The minimum atomic E-state index is -0.849. The van der Waals surface area contributed by atoms with Crippen LogP contribution in [0.3, 0.4) is 0 Å². The fraction of sp³-hybridized carbons (Fsp3) is 0.385. The van der Waals surface area contributed by atoms with E-state index in [4.69, 9.17) is 9.84 Å². The minimum absolute atomic E-state index is 0.182. The van der Waals surface area contributed by atoms with Crippen LogP contribution in [0, 0.1) is 0 Å². The normalized spacial score (nSPS) is 12.3. The number of rotatable bonds is 6. The molecular formula is C13H17N3O4. The Labute approximate surface area is 115 Å². The van der Waals surface area contributed by atoms with E-state index in [1.165, 1.54) is 0 Å². The number of carbonyl (C=O) groups excluding carboxylic acids is 1. The number of aliphatic hydroxyl groups is 2. The van der Waals surface area contributed by atoms with Crippen LogP contribution < -0.4 is 5.32 Å². The summed E-state index contributed by atoms with van der Waals surface area (Å²) >= 11 is 0. The molecule has 1 aromatic heterocycles. The molecule has 1 heterocycles. The molecule has 0 bridgehead atoms. The first kappa shape index (κ1) is 14.3. The van der Waals surface area contributed by atoms with E-state index in [9.17, 15) is 9.90 Å². The van der Waals surface area contributed by atoms with Crippen molar-refractivity contribution in [3.8, 4) is 0 Å². The van der Waals surface area contributed by atoms with E-state index >= 15 is 0 Å². The summed E-state index contributed by atoms with van der Waals surface area (Å²) in [6.45, 7) is 1.94. The number of aromatic amines is 1. The quantitative estimate of drug-likeness (QED) is 0.574. The van der Waals surface area contributed by atoms with Gasteiger partial charge in [-0.1, -0.05) is 0 Å². The molecule has 0 spiro atoms. The molecule has 7 heteroatoms. The molecule has 4 N–H and O–H groups in total. The lowest BCUT2D eigenvalue weighted by atomic mass is 10.2. The van der Waals surface area contributed by atoms with Crippen molar-refractivity contribution in [1.29, 1.82) is 0 Å². The van der Waals surface area contributed by atoms with Gasteiger partial charge in [-0.05, 0) is 25.1 Å². The Kier molecular flexibility index (Phi) is 4.54. The van der Waals surface area contributed by atoms with Gasteiger partial charge in [0.05, 0.1) is 35.9 Å². The summed E-state index contributed by atoms with van der Waals surface area (Å²) in [4.78, 5) is 18.9. The number of nitrogens with one attached hydrogen (secondary N) is 2. The highest BCUT2D eigenvalue weighted by Gasteiger charge is 2.10. The predicted octanol–water partition coefficient (Wildman–Crippen LogP) is 0.505. The molecule has 0 saturated heterocycles. The second-order valence-electron chi connectivity index (χ2n) is 4.26. The number of nitrogens with zero attached hydrogens (tertiary/aromatic N) is 1. The Morgan fingerprint density at radius 3 is 3.05 bits per heavy atom. The summed E-state index contributed by atoms with van der Waals surface area (Å²) in [5.74, 6) is 0.0859. The van der Waals surface area contributed by atoms with Gasteiger partial charge < -0.3 is 25.3 Å². The molecule has 1 unspecified atom stereocenters. The summed E-state index contributed by atoms with van der Waals surface area (Å²) in [6.07, 6.45) is -0.849. The third kappa shape index (κ3) is 3.25. The lowest BCUT2D eigenvalue weighted by molar-refractivity contribution is 0.0526. The van der Waals surface area contributed by atoms with E-state index in [0.717, 1.165) is 0 Å². The van der Waals surface area contributed by atoms with E-state index in [1.54, 1.807) is 25.1 Å². The summed E-state index contributed by atoms with van der Waals surface area (Å²) in [5.41, 5.74) is 1.83. The van der Waals surface area contributed by atoms with Crippen molar-refractivity contribution in [1.82, 2.24) is 9.97 Å². The SMILES string of the molecule is CCOC(=O)c1ccc2nc(NCC(O)CO)[nH]c2c1. The molecule has 0 radical (unpaired) electrons. The van der Waals surface area contributed by atoms with Crippen molar-refractivity contribution < 1.29 is 19.7 Å². The number of hydrogen-bond acceptors (Lipinski definition) is 6. The first-order valence-corrected chi connectivity index (χ1v) is 6.33. The van der Waals surface area contributed by atoms with Crippen LogP contribution in [0.15, 0.2) is 18.2 Å². The number of aromatic nitrogens is 2. The fourth-order valence-electron chi connectivity index (χ4n) is 1.71. The molecule has 0 amide bonds. The fourth-order valence-corrected chi connectivity index (χ4v) is 1.71. The Hall–Kier alpha value is -2.12. The van der Waals surface area contributed by atoms with Gasteiger partial charge in [0.1, 0.15) is 0 Å². The monoisotopic (exact) mass is 279 g/mol. The average Bonchev–Trinajstić information content (AvgIpc) is 2.86. The van der Waals surface area contributed by atoms with Gasteiger partial charge in [0.15, 0.2) is 0 Å². The molecule has 20 heavy (non-hydrogen) atoms. The molecule has 0 aliphatic heterocycles.